The first-order chi connectivity index (χ1) is 8.99. The Hall–Kier alpha value is -0.360. The maximum atomic E-state index is 12.3. The fourth-order valence-electron chi connectivity index (χ4n) is 1.65. The summed E-state index contributed by atoms with van der Waals surface area (Å²) in [6, 6.07) is 9.36. The van der Waals surface area contributed by atoms with E-state index >= 15 is 0 Å². The summed E-state index contributed by atoms with van der Waals surface area (Å²) in [7, 11) is 1.77. The number of benzene rings is 1. The van der Waals surface area contributed by atoms with E-state index < -0.39 is 0 Å². The van der Waals surface area contributed by atoms with Crippen LogP contribution in [0.2, 0.25) is 5.02 Å². The zero-order valence-electron chi connectivity index (χ0n) is 9.99. The molecule has 1 aromatic heterocycles. The van der Waals surface area contributed by atoms with Gasteiger partial charge in [0, 0.05) is 18.6 Å². The van der Waals surface area contributed by atoms with Gasteiger partial charge < -0.3 is 4.90 Å². The fraction of sp³-hybridized carbons (Fsp3) is 0.154. The van der Waals surface area contributed by atoms with E-state index in [0.717, 1.165) is 13.1 Å². The highest BCUT2D eigenvalue weighted by Gasteiger charge is 2.18. The zero-order valence-corrected chi connectivity index (χ0v) is 14.7. The second kappa shape index (κ2) is 6.39. The number of rotatable bonds is 3. The number of hydrogen-bond donors (Lipinski definition) is 0. The fourth-order valence-corrected chi connectivity index (χ4v) is 4.62. The van der Waals surface area contributed by atoms with Crippen LogP contribution < -0.4 is 0 Å². The third-order valence-corrected chi connectivity index (χ3v) is 5.31. The minimum atomic E-state index is -0.0336. The number of thiophene rings is 1. The van der Waals surface area contributed by atoms with Gasteiger partial charge in [-0.1, -0.05) is 29.8 Å². The van der Waals surface area contributed by atoms with Crippen LogP contribution in [0.5, 0.6) is 0 Å². The molecule has 19 heavy (non-hydrogen) atoms. The maximum Gasteiger partial charge on any atom is 0.255 e. The highest BCUT2D eigenvalue weighted by Crippen LogP contribution is 2.32. The van der Waals surface area contributed by atoms with Crippen LogP contribution in [0.3, 0.4) is 0 Å². The van der Waals surface area contributed by atoms with E-state index in [9.17, 15) is 4.79 Å². The van der Waals surface area contributed by atoms with Crippen LogP contribution in [0.25, 0.3) is 0 Å². The number of amides is 1. The van der Waals surface area contributed by atoms with Crippen molar-refractivity contribution in [3.05, 3.63) is 54.1 Å². The molecular formula is C13H10Br2ClNOS. The summed E-state index contributed by atoms with van der Waals surface area (Å²) in [4.78, 5) is 14.0. The van der Waals surface area contributed by atoms with Crippen molar-refractivity contribution in [1.29, 1.82) is 0 Å². The average molecular weight is 424 g/mol. The summed E-state index contributed by atoms with van der Waals surface area (Å²) < 4.78 is 1.75. The molecule has 1 amide bonds. The molecule has 0 atom stereocenters. The number of nitrogens with zero attached hydrogens (tertiary/aromatic N) is 1. The Bertz CT molecular complexity index is 614. The van der Waals surface area contributed by atoms with Gasteiger partial charge in [-0.25, -0.2) is 0 Å². The van der Waals surface area contributed by atoms with Crippen LogP contribution in [0.4, 0.5) is 0 Å². The van der Waals surface area contributed by atoms with Crippen LogP contribution in [0, 0.1) is 0 Å². The van der Waals surface area contributed by atoms with Crippen molar-refractivity contribution in [2.45, 2.75) is 6.54 Å². The van der Waals surface area contributed by atoms with Gasteiger partial charge in [0.05, 0.1) is 13.1 Å². The van der Waals surface area contributed by atoms with Crippen LogP contribution in [-0.4, -0.2) is 17.9 Å². The Morgan fingerprint density at radius 3 is 2.63 bits per heavy atom. The Labute approximate surface area is 137 Å². The first-order valence-electron chi connectivity index (χ1n) is 5.42. The quantitative estimate of drug-likeness (QED) is 0.665. The predicted molar refractivity (Wildman–Crippen MR) is 87.0 cm³/mol. The molecule has 0 unspecified atom stereocenters. The van der Waals surface area contributed by atoms with E-state index in [0.29, 0.717) is 17.1 Å². The van der Waals surface area contributed by atoms with E-state index in [1.165, 1.54) is 11.3 Å². The van der Waals surface area contributed by atoms with Gasteiger partial charge in [-0.05, 0) is 49.6 Å². The van der Waals surface area contributed by atoms with Gasteiger partial charge in [0.2, 0.25) is 0 Å². The topological polar surface area (TPSA) is 20.3 Å². The molecule has 0 fully saturated rings. The lowest BCUT2D eigenvalue weighted by molar-refractivity contribution is 0.0785. The van der Waals surface area contributed by atoms with Gasteiger partial charge >= 0.3 is 0 Å². The van der Waals surface area contributed by atoms with Crippen LogP contribution in [-0.2, 0) is 6.54 Å². The van der Waals surface area contributed by atoms with Crippen LogP contribution in [0.1, 0.15) is 15.9 Å². The molecule has 0 aliphatic carbocycles. The van der Waals surface area contributed by atoms with Gasteiger partial charge in [0.15, 0.2) is 0 Å². The SMILES string of the molecule is CN(Cc1ccccc1Cl)C(=O)c1cc(Br)sc1Br. The van der Waals surface area contributed by atoms with Crippen molar-refractivity contribution in [3.8, 4) is 0 Å². The Morgan fingerprint density at radius 2 is 2.05 bits per heavy atom. The summed E-state index contributed by atoms with van der Waals surface area (Å²) in [5.41, 5.74) is 1.59. The normalized spacial score (nSPS) is 10.5. The minimum absolute atomic E-state index is 0.0336. The van der Waals surface area contributed by atoms with Gasteiger partial charge in [-0.3, -0.25) is 4.79 Å². The molecule has 100 valence electrons. The van der Waals surface area contributed by atoms with Gasteiger partial charge in [-0.2, -0.15) is 0 Å². The molecule has 2 aromatic rings. The summed E-state index contributed by atoms with van der Waals surface area (Å²) in [5.74, 6) is -0.0336. The third-order valence-electron chi connectivity index (χ3n) is 2.60. The van der Waals surface area contributed by atoms with Crippen molar-refractivity contribution in [3.63, 3.8) is 0 Å². The Balaban J connectivity index is 2.16. The van der Waals surface area contributed by atoms with Crippen molar-refractivity contribution in [1.82, 2.24) is 4.90 Å². The summed E-state index contributed by atoms with van der Waals surface area (Å²) in [5, 5.41) is 0.674. The number of hydrogen-bond acceptors (Lipinski definition) is 2. The molecular weight excluding hydrogens is 413 g/mol. The number of halogens is 3. The molecule has 6 heteroatoms. The van der Waals surface area contributed by atoms with Gasteiger partial charge in [0.25, 0.3) is 5.91 Å². The number of carbonyl (C=O) groups excluding carboxylic acids is 1. The van der Waals surface area contributed by atoms with Crippen molar-refractivity contribution >= 4 is 60.7 Å². The second-order valence-electron chi connectivity index (χ2n) is 3.99. The molecule has 2 nitrogen and oxygen atoms in total. The van der Waals surface area contributed by atoms with Crippen LogP contribution >= 0.6 is 54.8 Å². The van der Waals surface area contributed by atoms with Crippen molar-refractivity contribution in [2.75, 3.05) is 7.05 Å². The van der Waals surface area contributed by atoms with E-state index in [2.05, 4.69) is 31.9 Å². The molecule has 0 spiro atoms. The predicted octanol–water partition coefficient (Wildman–Crippen LogP) is 5.20. The zero-order chi connectivity index (χ0) is 14.0. The average Bonchev–Trinajstić information content (AvgIpc) is 2.70. The van der Waals surface area contributed by atoms with E-state index in [1.807, 2.05) is 30.3 Å². The largest absolute Gasteiger partial charge is 0.337 e. The van der Waals surface area contributed by atoms with Crippen LogP contribution in [0.15, 0.2) is 37.9 Å². The molecule has 0 aliphatic heterocycles. The first kappa shape index (κ1) is 15.0. The lowest BCUT2D eigenvalue weighted by atomic mass is 10.2. The molecule has 0 aliphatic rings. The Kier molecular flexibility index (Phi) is 5.06. The molecule has 0 N–H and O–H groups in total. The van der Waals surface area contributed by atoms with Crippen molar-refractivity contribution < 1.29 is 4.79 Å². The van der Waals surface area contributed by atoms with Gasteiger partial charge in [0.1, 0.15) is 0 Å². The highest BCUT2D eigenvalue weighted by molar-refractivity contribution is 9.12. The summed E-state index contributed by atoms with van der Waals surface area (Å²) in [6.45, 7) is 0.485. The summed E-state index contributed by atoms with van der Waals surface area (Å²) >= 11 is 14.4. The van der Waals surface area contributed by atoms with E-state index in [1.54, 1.807) is 11.9 Å². The molecule has 0 saturated heterocycles. The maximum absolute atomic E-state index is 12.3. The molecule has 0 saturated carbocycles. The number of carbonyl (C=O) groups is 1. The monoisotopic (exact) mass is 421 g/mol. The van der Waals surface area contributed by atoms with Crippen molar-refractivity contribution in [2.24, 2.45) is 0 Å². The first-order valence-corrected chi connectivity index (χ1v) is 8.21. The van der Waals surface area contributed by atoms with Gasteiger partial charge in [-0.15, -0.1) is 11.3 Å². The molecule has 0 bridgehead atoms. The smallest absolute Gasteiger partial charge is 0.255 e. The molecule has 0 radical (unpaired) electrons. The minimum Gasteiger partial charge on any atom is -0.337 e. The standard InChI is InChI=1S/C13H10Br2ClNOS/c1-17(7-8-4-2-3-5-10(8)16)13(18)9-6-11(14)19-12(9)15/h2-6H,7H2,1H3. The molecule has 2 rings (SSSR count). The molecule has 1 heterocycles. The summed E-state index contributed by atoms with van der Waals surface area (Å²) in [6.07, 6.45) is 0. The second-order valence-corrected chi connectivity index (χ2v) is 8.15. The Morgan fingerprint density at radius 1 is 1.37 bits per heavy atom. The molecule has 1 aromatic carbocycles. The third kappa shape index (κ3) is 3.60. The highest BCUT2D eigenvalue weighted by atomic mass is 79.9. The lowest BCUT2D eigenvalue weighted by Gasteiger charge is -2.17. The lowest BCUT2D eigenvalue weighted by Crippen LogP contribution is -2.26. The van der Waals surface area contributed by atoms with E-state index in [-0.39, 0.29) is 5.91 Å². The van der Waals surface area contributed by atoms with E-state index in [4.69, 9.17) is 11.6 Å².